The molecule has 0 spiro atoms. The lowest BCUT2D eigenvalue weighted by Gasteiger charge is -2.06. The van der Waals surface area contributed by atoms with Gasteiger partial charge in [0, 0.05) is 6.54 Å². The summed E-state index contributed by atoms with van der Waals surface area (Å²) in [6.07, 6.45) is 1.39. The molecule has 0 aliphatic rings. The number of nitrogens with zero attached hydrogens (tertiary/aromatic N) is 2. The highest BCUT2D eigenvalue weighted by Gasteiger charge is 2.21. The molecular weight excluding hydrogens is 255 g/mol. The molecule has 5 heteroatoms. The summed E-state index contributed by atoms with van der Waals surface area (Å²) in [7, 11) is 0. The van der Waals surface area contributed by atoms with Crippen LogP contribution in [0.3, 0.4) is 0 Å². The number of rotatable bonds is 3. The second-order valence-corrected chi connectivity index (χ2v) is 4.38. The molecule has 0 unspecified atom stereocenters. The van der Waals surface area contributed by atoms with Crippen LogP contribution in [0.1, 0.15) is 28.5 Å². The molecule has 1 aromatic heterocycles. The van der Waals surface area contributed by atoms with E-state index in [2.05, 4.69) is 5.10 Å². The largest absolute Gasteiger partial charge is 0.287 e. The second kappa shape index (κ2) is 4.90. The van der Waals surface area contributed by atoms with E-state index in [4.69, 9.17) is 11.6 Å². The van der Waals surface area contributed by atoms with Gasteiger partial charge in [0.2, 0.25) is 5.78 Å². The lowest BCUT2D eigenvalue weighted by Crippen LogP contribution is -2.12. The number of carbonyl (C=O) groups excluding carboxylic acids is 1. The maximum atomic E-state index is 13.7. The monoisotopic (exact) mass is 266 g/mol. The SMILES string of the molecule is CCn1ncc(Cl)c1C(=O)c1cc(C)ccc1F. The number of aryl methyl sites for hydroxylation is 2. The van der Waals surface area contributed by atoms with Gasteiger partial charge in [0.05, 0.1) is 16.8 Å². The molecule has 94 valence electrons. The highest BCUT2D eigenvalue weighted by molar-refractivity contribution is 6.34. The van der Waals surface area contributed by atoms with Crippen LogP contribution in [0.5, 0.6) is 0 Å². The lowest BCUT2D eigenvalue weighted by atomic mass is 10.0. The number of hydrogen-bond donors (Lipinski definition) is 0. The van der Waals surface area contributed by atoms with E-state index in [-0.39, 0.29) is 16.3 Å². The standard InChI is InChI=1S/C13H12ClFN2O/c1-3-17-12(10(14)7-16-17)13(18)9-6-8(2)4-5-11(9)15/h4-7H,3H2,1-2H3. The third kappa shape index (κ3) is 2.16. The zero-order valence-electron chi connectivity index (χ0n) is 10.1. The molecule has 0 aliphatic heterocycles. The Balaban J connectivity index is 2.54. The van der Waals surface area contributed by atoms with E-state index in [0.717, 1.165) is 5.56 Å². The smallest absolute Gasteiger partial charge is 0.215 e. The van der Waals surface area contributed by atoms with Crippen LogP contribution in [0.2, 0.25) is 5.02 Å². The molecule has 3 nitrogen and oxygen atoms in total. The van der Waals surface area contributed by atoms with Crippen LogP contribution in [0.15, 0.2) is 24.4 Å². The lowest BCUT2D eigenvalue weighted by molar-refractivity contribution is 0.102. The second-order valence-electron chi connectivity index (χ2n) is 3.97. The van der Waals surface area contributed by atoms with Crippen molar-refractivity contribution < 1.29 is 9.18 Å². The Hall–Kier alpha value is -1.68. The van der Waals surface area contributed by atoms with Gasteiger partial charge in [0.25, 0.3) is 0 Å². The molecule has 0 bridgehead atoms. The van der Waals surface area contributed by atoms with E-state index in [9.17, 15) is 9.18 Å². The number of ketones is 1. The van der Waals surface area contributed by atoms with Gasteiger partial charge in [-0.1, -0.05) is 23.2 Å². The maximum absolute atomic E-state index is 13.7. The summed E-state index contributed by atoms with van der Waals surface area (Å²) in [5.74, 6) is -0.994. The fourth-order valence-corrected chi connectivity index (χ4v) is 2.00. The highest BCUT2D eigenvalue weighted by Crippen LogP contribution is 2.21. The van der Waals surface area contributed by atoms with Gasteiger partial charge in [-0.2, -0.15) is 5.10 Å². The Morgan fingerprint density at radius 2 is 2.22 bits per heavy atom. The predicted molar refractivity (Wildman–Crippen MR) is 67.5 cm³/mol. The van der Waals surface area contributed by atoms with Gasteiger partial charge in [-0.25, -0.2) is 4.39 Å². The molecule has 0 saturated carbocycles. The van der Waals surface area contributed by atoms with Gasteiger partial charge in [0.1, 0.15) is 11.5 Å². The third-order valence-corrected chi connectivity index (χ3v) is 2.95. The molecule has 1 heterocycles. The van der Waals surface area contributed by atoms with Crippen molar-refractivity contribution in [2.24, 2.45) is 0 Å². The van der Waals surface area contributed by atoms with Gasteiger partial charge >= 0.3 is 0 Å². The Kier molecular flexibility index (Phi) is 3.48. The fourth-order valence-electron chi connectivity index (χ4n) is 1.77. The van der Waals surface area contributed by atoms with E-state index < -0.39 is 11.6 Å². The van der Waals surface area contributed by atoms with E-state index in [1.807, 2.05) is 6.92 Å². The molecule has 0 fully saturated rings. The van der Waals surface area contributed by atoms with Crippen LogP contribution in [0, 0.1) is 12.7 Å². The van der Waals surface area contributed by atoms with E-state index >= 15 is 0 Å². The van der Waals surface area contributed by atoms with Gasteiger partial charge < -0.3 is 0 Å². The normalized spacial score (nSPS) is 10.7. The van der Waals surface area contributed by atoms with Crippen molar-refractivity contribution in [1.29, 1.82) is 0 Å². The molecule has 0 amide bonds. The minimum Gasteiger partial charge on any atom is -0.287 e. The Labute approximate surface area is 109 Å². The number of carbonyl (C=O) groups is 1. The Morgan fingerprint density at radius 1 is 1.50 bits per heavy atom. The van der Waals surface area contributed by atoms with Crippen LogP contribution < -0.4 is 0 Å². The van der Waals surface area contributed by atoms with Gasteiger partial charge in [-0.15, -0.1) is 0 Å². The summed E-state index contributed by atoms with van der Waals surface area (Å²) in [4.78, 5) is 12.3. The number of benzene rings is 1. The quantitative estimate of drug-likeness (QED) is 0.800. The predicted octanol–water partition coefficient (Wildman–Crippen LogP) is 3.23. The molecule has 0 saturated heterocycles. The van der Waals surface area contributed by atoms with Crippen LogP contribution >= 0.6 is 11.6 Å². The van der Waals surface area contributed by atoms with Gasteiger partial charge in [-0.05, 0) is 26.0 Å². The van der Waals surface area contributed by atoms with Crippen molar-refractivity contribution in [3.8, 4) is 0 Å². The van der Waals surface area contributed by atoms with Crippen molar-refractivity contribution in [3.05, 3.63) is 52.1 Å². The van der Waals surface area contributed by atoms with Crippen molar-refractivity contribution in [3.63, 3.8) is 0 Å². The summed E-state index contributed by atoms with van der Waals surface area (Å²) >= 11 is 5.93. The van der Waals surface area contributed by atoms with Crippen LogP contribution in [-0.2, 0) is 6.54 Å². The zero-order chi connectivity index (χ0) is 13.3. The van der Waals surface area contributed by atoms with Crippen LogP contribution in [0.25, 0.3) is 0 Å². The minimum atomic E-state index is -0.550. The third-order valence-electron chi connectivity index (χ3n) is 2.68. The number of halogens is 2. The van der Waals surface area contributed by atoms with Gasteiger partial charge in [0.15, 0.2) is 0 Å². The average molecular weight is 267 g/mol. The van der Waals surface area contributed by atoms with Gasteiger partial charge in [-0.3, -0.25) is 9.48 Å². The van der Waals surface area contributed by atoms with E-state index in [1.54, 1.807) is 13.0 Å². The minimum absolute atomic E-state index is 0.0205. The zero-order valence-corrected chi connectivity index (χ0v) is 10.8. The summed E-state index contributed by atoms with van der Waals surface area (Å²) < 4.78 is 15.2. The molecular formula is C13H12ClFN2O. The first kappa shape index (κ1) is 12.8. The topological polar surface area (TPSA) is 34.9 Å². The first-order valence-electron chi connectivity index (χ1n) is 5.56. The molecule has 18 heavy (non-hydrogen) atoms. The number of aromatic nitrogens is 2. The highest BCUT2D eigenvalue weighted by atomic mass is 35.5. The summed E-state index contributed by atoms with van der Waals surface area (Å²) in [6.45, 7) is 4.14. The molecule has 2 rings (SSSR count). The molecule has 0 N–H and O–H groups in total. The molecule has 1 aromatic carbocycles. The number of hydrogen-bond acceptors (Lipinski definition) is 2. The molecule has 0 aliphatic carbocycles. The van der Waals surface area contributed by atoms with Crippen molar-refractivity contribution in [1.82, 2.24) is 9.78 Å². The Morgan fingerprint density at radius 3 is 2.89 bits per heavy atom. The summed E-state index contributed by atoms with van der Waals surface area (Å²) in [5.41, 5.74) is 1.06. The van der Waals surface area contributed by atoms with E-state index in [0.29, 0.717) is 6.54 Å². The molecule has 0 atom stereocenters. The Bertz CT molecular complexity index is 607. The fraction of sp³-hybridized carbons (Fsp3) is 0.231. The van der Waals surface area contributed by atoms with E-state index in [1.165, 1.54) is 23.0 Å². The van der Waals surface area contributed by atoms with Crippen LogP contribution in [0.4, 0.5) is 4.39 Å². The first-order chi connectivity index (χ1) is 8.54. The summed E-state index contributed by atoms with van der Waals surface area (Å²) in [6, 6.07) is 4.41. The first-order valence-corrected chi connectivity index (χ1v) is 5.94. The average Bonchev–Trinajstić information content (AvgIpc) is 2.72. The maximum Gasteiger partial charge on any atom is 0.215 e. The van der Waals surface area contributed by atoms with Crippen molar-refractivity contribution >= 4 is 17.4 Å². The summed E-state index contributed by atoms with van der Waals surface area (Å²) in [5, 5.41) is 4.21. The molecule has 0 radical (unpaired) electrons. The van der Waals surface area contributed by atoms with Crippen molar-refractivity contribution in [2.45, 2.75) is 20.4 Å². The van der Waals surface area contributed by atoms with Crippen LogP contribution in [-0.4, -0.2) is 15.6 Å². The molecule has 2 aromatic rings. The van der Waals surface area contributed by atoms with Crippen molar-refractivity contribution in [2.75, 3.05) is 0 Å².